The molecule has 0 spiro atoms. The fourth-order valence-electron chi connectivity index (χ4n) is 3.32. The van der Waals surface area contributed by atoms with Crippen LogP contribution in [0.15, 0.2) is 33.7 Å². The molecule has 2 aromatic rings. The summed E-state index contributed by atoms with van der Waals surface area (Å²) >= 11 is 0. The van der Waals surface area contributed by atoms with Crippen molar-refractivity contribution < 1.29 is 17.7 Å². The van der Waals surface area contributed by atoms with Gasteiger partial charge in [0.2, 0.25) is 11.8 Å². The Kier molecular flexibility index (Phi) is 5.94. The van der Waals surface area contributed by atoms with Gasteiger partial charge in [-0.25, -0.2) is 8.42 Å². The minimum absolute atomic E-state index is 0.0839. The number of nitrogens with zero attached hydrogens (tertiary/aromatic N) is 3. The molecule has 1 fully saturated rings. The third-order valence-electron chi connectivity index (χ3n) is 4.96. The number of sulfone groups is 1. The number of carbonyl (C=O) groups excluding carboxylic acids is 1. The Morgan fingerprint density at radius 3 is 2.67 bits per heavy atom. The highest BCUT2D eigenvalue weighted by atomic mass is 32.2. The third kappa shape index (κ3) is 4.74. The van der Waals surface area contributed by atoms with Crippen molar-refractivity contribution in [1.82, 2.24) is 15.0 Å². The molecular weight excluding hydrogens is 366 g/mol. The number of hydrogen-bond acceptors (Lipinski definition) is 6. The van der Waals surface area contributed by atoms with Crippen molar-refractivity contribution in [2.24, 2.45) is 0 Å². The summed E-state index contributed by atoms with van der Waals surface area (Å²) in [7, 11) is -3.19. The SMILES string of the molecule is CCS(=O)(=O)c1ccc(CCC(=O)N2CCCC(c3nc(C)no3)C2)cc1. The number of hydrogen-bond donors (Lipinski definition) is 0. The van der Waals surface area contributed by atoms with E-state index in [9.17, 15) is 13.2 Å². The molecule has 0 aliphatic carbocycles. The minimum atomic E-state index is -3.19. The van der Waals surface area contributed by atoms with Crippen LogP contribution in [0.2, 0.25) is 0 Å². The molecule has 0 bridgehead atoms. The average molecular weight is 391 g/mol. The Morgan fingerprint density at radius 1 is 1.30 bits per heavy atom. The van der Waals surface area contributed by atoms with E-state index < -0.39 is 9.84 Å². The molecule has 1 aromatic heterocycles. The molecule has 0 N–H and O–H groups in total. The second-order valence-electron chi connectivity index (χ2n) is 6.91. The smallest absolute Gasteiger partial charge is 0.231 e. The number of rotatable bonds is 6. The molecule has 1 aliphatic heterocycles. The highest BCUT2D eigenvalue weighted by molar-refractivity contribution is 7.91. The Bertz CT molecular complexity index is 890. The minimum Gasteiger partial charge on any atom is -0.342 e. The first-order chi connectivity index (χ1) is 12.9. The maximum Gasteiger partial charge on any atom is 0.231 e. The number of aryl methyl sites for hydroxylation is 2. The highest BCUT2D eigenvalue weighted by Crippen LogP contribution is 2.26. The van der Waals surface area contributed by atoms with E-state index in [0.717, 1.165) is 24.9 Å². The van der Waals surface area contributed by atoms with Crippen LogP contribution >= 0.6 is 0 Å². The summed E-state index contributed by atoms with van der Waals surface area (Å²) < 4.78 is 29.0. The van der Waals surface area contributed by atoms with E-state index in [0.29, 0.717) is 36.0 Å². The highest BCUT2D eigenvalue weighted by Gasteiger charge is 2.28. The lowest BCUT2D eigenvalue weighted by molar-refractivity contribution is -0.132. The molecule has 2 heterocycles. The van der Waals surface area contributed by atoms with Gasteiger partial charge in [0.05, 0.1) is 16.6 Å². The lowest BCUT2D eigenvalue weighted by atomic mass is 9.97. The second kappa shape index (κ2) is 8.21. The van der Waals surface area contributed by atoms with Crippen LogP contribution in [0.5, 0.6) is 0 Å². The van der Waals surface area contributed by atoms with Gasteiger partial charge in [0, 0.05) is 19.5 Å². The second-order valence-corrected chi connectivity index (χ2v) is 9.18. The van der Waals surface area contributed by atoms with Crippen LogP contribution in [0.25, 0.3) is 0 Å². The van der Waals surface area contributed by atoms with Crippen LogP contribution in [0.3, 0.4) is 0 Å². The van der Waals surface area contributed by atoms with Gasteiger partial charge in [0.25, 0.3) is 0 Å². The molecule has 7 nitrogen and oxygen atoms in total. The van der Waals surface area contributed by atoms with Gasteiger partial charge in [0.1, 0.15) is 0 Å². The lowest BCUT2D eigenvalue weighted by Crippen LogP contribution is -2.39. The van der Waals surface area contributed by atoms with Crippen LogP contribution < -0.4 is 0 Å². The Morgan fingerprint density at radius 2 is 2.04 bits per heavy atom. The van der Waals surface area contributed by atoms with Gasteiger partial charge < -0.3 is 9.42 Å². The average Bonchev–Trinajstić information content (AvgIpc) is 3.13. The van der Waals surface area contributed by atoms with Gasteiger partial charge in [-0.05, 0) is 43.9 Å². The van der Waals surface area contributed by atoms with E-state index in [1.807, 2.05) is 4.90 Å². The summed E-state index contributed by atoms with van der Waals surface area (Å²) in [6.07, 6.45) is 2.85. The molecule has 0 saturated carbocycles. The van der Waals surface area contributed by atoms with Crippen molar-refractivity contribution in [3.63, 3.8) is 0 Å². The number of likely N-dealkylation sites (tertiary alicyclic amines) is 1. The summed E-state index contributed by atoms with van der Waals surface area (Å²) in [6, 6.07) is 6.81. The largest absolute Gasteiger partial charge is 0.342 e. The number of aromatic nitrogens is 2. The zero-order valence-electron chi connectivity index (χ0n) is 15.7. The maximum absolute atomic E-state index is 12.6. The molecule has 1 amide bonds. The molecule has 0 radical (unpaired) electrons. The Hall–Kier alpha value is -2.22. The van der Waals surface area contributed by atoms with E-state index >= 15 is 0 Å². The normalized spacial score (nSPS) is 17.9. The van der Waals surface area contributed by atoms with Crippen LogP contribution in [-0.2, 0) is 21.1 Å². The van der Waals surface area contributed by atoms with E-state index in [2.05, 4.69) is 10.1 Å². The molecule has 1 aliphatic rings. The molecule has 8 heteroatoms. The third-order valence-corrected chi connectivity index (χ3v) is 6.71. The summed E-state index contributed by atoms with van der Waals surface area (Å²) in [6.45, 7) is 4.77. The molecule has 1 aromatic carbocycles. The fraction of sp³-hybridized carbons (Fsp3) is 0.526. The van der Waals surface area contributed by atoms with E-state index in [4.69, 9.17) is 4.52 Å². The summed E-state index contributed by atoms with van der Waals surface area (Å²) in [5, 5.41) is 3.84. The van der Waals surface area contributed by atoms with Crippen molar-refractivity contribution in [3.8, 4) is 0 Å². The van der Waals surface area contributed by atoms with Crippen LogP contribution in [0.1, 0.15) is 49.4 Å². The molecule has 146 valence electrons. The van der Waals surface area contributed by atoms with E-state index in [1.54, 1.807) is 38.1 Å². The van der Waals surface area contributed by atoms with Gasteiger partial charge in [0.15, 0.2) is 15.7 Å². The molecule has 1 unspecified atom stereocenters. The molecule has 3 rings (SSSR count). The monoisotopic (exact) mass is 391 g/mol. The molecular formula is C19H25N3O4S. The maximum atomic E-state index is 12.6. The van der Waals surface area contributed by atoms with Crippen molar-refractivity contribution in [2.45, 2.75) is 50.3 Å². The quantitative estimate of drug-likeness (QED) is 0.751. The van der Waals surface area contributed by atoms with Crippen molar-refractivity contribution in [2.75, 3.05) is 18.8 Å². The molecule has 1 atom stereocenters. The van der Waals surface area contributed by atoms with Crippen molar-refractivity contribution >= 4 is 15.7 Å². The predicted molar refractivity (Wildman–Crippen MR) is 100 cm³/mol. The van der Waals surface area contributed by atoms with Gasteiger partial charge in [-0.1, -0.05) is 24.2 Å². The fourth-order valence-corrected chi connectivity index (χ4v) is 4.21. The van der Waals surface area contributed by atoms with E-state index in [-0.39, 0.29) is 17.6 Å². The van der Waals surface area contributed by atoms with Crippen LogP contribution in [0.4, 0.5) is 0 Å². The summed E-state index contributed by atoms with van der Waals surface area (Å²) in [5.74, 6) is 1.50. The first-order valence-electron chi connectivity index (χ1n) is 9.28. The van der Waals surface area contributed by atoms with Gasteiger partial charge >= 0.3 is 0 Å². The van der Waals surface area contributed by atoms with Crippen LogP contribution in [-0.4, -0.2) is 48.2 Å². The number of benzene rings is 1. The summed E-state index contributed by atoms with van der Waals surface area (Å²) in [5.41, 5.74) is 0.958. The Labute approximate surface area is 159 Å². The number of piperidine rings is 1. The zero-order chi connectivity index (χ0) is 19.4. The number of carbonyl (C=O) groups is 1. The first kappa shape index (κ1) is 19.5. The number of amides is 1. The molecule has 27 heavy (non-hydrogen) atoms. The topological polar surface area (TPSA) is 93.4 Å². The van der Waals surface area contributed by atoms with Gasteiger partial charge in [-0.15, -0.1) is 0 Å². The van der Waals surface area contributed by atoms with Crippen molar-refractivity contribution in [3.05, 3.63) is 41.5 Å². The summed E-state index contributed by atoms with van der Waals surface area (Å²) in [4.78, 5) is 19.1. The standard InChI is InChI=1S/C19H25N3O4S/c1-3-27(24,25)17-9-6-15(7-10-17)8-11-18(23)22-12-4-5-16(13-22)19-20-14(2)21-26-19/h6-7,9-10,16H,3-5,8,11-13H2,1-2H3. The van der Waals surface area contributed by atoms with Crippen molar-refractivity contribution in [1.29, 1.82) is 0 Å². The predicted octanol–water partition coefficient (Wildman–Crippen LogP) is 2.51. The zero-order valence-corrected chi connectivity index (χ0v) is 16.5. The lowest BCUT2D eigenvalue weighted by Gasteiger charge is -2.31. The van der Waals surface area contributed by atoms with E-state index in [1.165, 1.54) is 0 Å². The van der Waals surface area contributed by atoms with Gasteiger partial charge in [-0.3, -0.25) is 4.79 Å². The first-order valence-corrected chi connectivity index (χ1v) is 10.9. The Balaban J connectivity index is 1.56. The molecule has 1 saturated heterocycles. The van der Waals surface area contributed by atoms with Crippen LogP contribution in [0, 0.1) is 6.92 Å². The van der Waals surface area contributed by atoms with Gasteiger partial charge in [-0.2, -0.15) is 4.98 Å².